The number of ketones is 1. The lowest BCUT2D eigenvalue weighted by atomic mass is 10.2. The number of hydrogen-bond acceptors (Lipinski definition) is 4. The highest BCUT2D eigenvalue weighted by atomic mass is 32.1. The van der Waals surface area contributed by atoms with E-state index < -0.39 is 5.97 Å². The SMILES string of the molecule is CC(=O)c1csc(C(=O)N(CC(=O)O)CC(C)C)c1. The Morgan fingerprint density at radius 1 is 1.37 bits per heavy atom. The van der Waals surface area contributed by atoms with Crippen molar-refractivity contribution in [2.24, 2.45) is 5.92 Å². The smallest absolute Gasteiger partial charge is 0.323 e. The van der Waals surface area contributed by atoms with E-state index in [1.807, 2.05) is 13.8 Å². The first-order chi connectivity index (χ1) is 8.81. The van der Waals surface area contributed by atoms with Gasteiger partial charge in [-0.3, -0.25) is 14.4 Å². The molecule has 1 amide bonds. The maximum absolute atomic E-state index is 12.2. The van der Waals surface area contributed by atoms with Crippen molar-refractivity contribution >= 4 is 29.0 Å². The predicted molar refractivity (Wildman–Crippen MR) is 72.7 cm³/mol. The first-order valence-electron chi connectivity index (χ1n) is 5.91. The van der Waals surface area contributed by atoms with E-state index in [2.05, 4.69) is 0 Å². The van der Waals surface area contributed by atoms with Crippen LogP contribution in [0.2, 0.25) is 0 Å². The zero-order valence-corrected chi connectivity index (χ0v) is 12.0. The van der Waals surface area contributed by atoms with E-state index in [0.29, 0.717) is 17.0 Å². The molecule has 0 aliphatic carbocycles. The fourth-order valence-electron chi connectivity index (χ4n) is 1.61. The molecular weight excluding hydrogens is 266 g/mol. The number of carboxylic acid groups (broad SMARTS) is 1. The van der Waals surface area contributed by atoms with Gasteiger partial charge in [0.05, 0.1) is 4.88 Å². The molecule has 0 fully saturated rings. The molecule has 1 N–H and O–H groups in total. The van der Waals surface area contributed by atoms with Crippen molar-refractivity contribution in [2.45, 2.75) is 20.8 Å². The molecule has 1 aromatic rings. The van der Waals surface area contributed by atoms with Crippen molar-refractivity contribution in [3.63, 3.8) is 0 Å². The first kappa shape index (κ1) is 15.4. The van der Waals surface area contributed by atoms with Gasteiger partial charge in [-0.1, -0.05) is 13.8 Å². The molecule has 5 nitrogen and oxygen atoms in total. The fraction of sp³-hybridized carbons (Fsp3) is 0.462. The van der Waals surface area contributed by atoms with Gasteiger partial charge in [0, 0.05) is 17.5 Å². The lowest BCUT2D eigenvalue weighted by Gasteiger charge is -2.21. The van der Waals surface area contributed by atoms with Crippen molar-refractivity contribution in [1.29, 1.82) is 0 Å². The van der Waals surface area contributed by atoms with Crippen LogP contribution < -0.4 is 0 Å². The monoisotopic (exact) mass is 283 g/mol. The van der Waals surface area contributed by atoms with Gasteiger partial charge >= 0.3 is 5.97 Å². The number of carbonyl (C=O) groups is 3. The van der Waals surface area contributed by atoms with Gasteiger partial charge in [0.15, 0.2) is 5.78 Å². The van der Waals surface area contributed by atoms with Crippen LogP contribution in [0.25, 0.3) is 0 Å². The van der Waals surface area contributed by atoms with Gasteiger partial charge in [-0.25, -0.2) is 0 Å². The van der Waals surface area contributed by atoms with Crippen LogP contribution >= 0.6 is 11.3 Å². The highest BCUT2D eigenvalue weighted by molar-refractivity contribution is 7.12. The van der Waals surface area contributed by atoms with Gasteiger partial charge in [-0.15, -0.1) is 11.3 Å². The van der Waals surface area contributed by atoms with Gasteiger partial charge in [0.2, 0.25) is 0 Å². The summed E-state index contributed by atoms with van der Waals surface area (Å²) in [7, 11) is 0. The molecule has 0 aliphatic rings. The van der Waals surface area contributed by atoms with Crippen LogP contribution in [0.1, 0.15) is 40.8 Å². The fourth-order valence-corrected chi connectivity index (χ4v) is 2.53. The Morgan fingerprint density at radius 2 is 2.00 bits per heavy atom. The zero-order chi connectivity index (χ0) is 14.6. The molecule has 0 aromatic carbocycles. The molecule has 1 rings (SSSR count). The van der Waals surface area contributed by atoms with Crippen LogP contribution in [-0.2, 0) is 4.79 Å². The number of rotatable bonds is 6. The van der Waals surface area contributed by atoms with E-state index >= 15 is 0 Å². The molecule has 0 saturated heterocycles. The molecule has 0 unspecified atom stereocenters. The van der Waals surface area contributed by atoms with E-state index in [4.69, 9.17) is 5.11 Å². The maximum Gasteiger partial charge on any atom is 0.323 e. The molecule has 1 heterocycles. The minimum atomic E-state index is -1.04. The average molecular weight is 283 g/mol. The Morgan fingerprint density at radius 3 is 2.42 bits per heavy atom. The Bertz CT molecular complexity index is 493. The molecule has 0 spiro atoms. The quantitative estimate of drug-likeness (QED) is 0.812. The Kier molecular flexibility index (Phi) is 5.23. The lowest BCUT2D eigenvalue weighted by Crippen LogP contribution is -2.37. The molecule has 19 heavy (non-hydrogen) atoms. The van der Waals surface area contributed by atoms with Crippen LogP contribution in [0.5, 0.6) is 0 Å². The van der Waals surface area contributed by atoms with Crippen LogP contribution in [0, 0.1) is 5.92 Å². The van der Waals surface area contributed by atoms with Crippen LogP contribution in [-0.4, -0.2) is 40.8 Å². The summed E-state index contributed by atoms with van der Waals surface area (Å²) in [5, 5.41) is 10.5. The van der Waals surface area contributed by atoms with Gasteiger partial charge in [-0.05, 0) is 18.9 Å². The first-order valence-corrected chi connectivity index (χ1v) is 6.79. The van der Waals surface area contributed by atoms with Crippen molar-refractivity contribution < 1.29 is 19.5 Å². The average Bonchev–Trinajstić information content (AvgIpc) is 2.75. The summed E-state index contributed by atoms with van der Waals surface area (Å²) in [4.78, 5) is 35.9. The highest BCUT2D eigenvalue weighted by Crippen LogP contribution is 2.18. The molecule has 1 aromatic heterocycles. The van der Waals surface area contributed by atoms with E-state index in [1.165, 1.54) is 17.9 Å². The predicted octanol–water partition coefficient (Wildman–Crippen LogP) is 2.13. The minimum Gasteiger partial charge on any atom is -0.480 e. The third kappa shape index (κ3) is 4.48. The molecule has 6 heteroatoms. The summed E-state index contributed by atoms with van der Waals surface area (Å²) in [6.45, 7) is 5.30. The van der Waals surface area contributed by atoms with Gasteiger partial charge < -0.3 is 10.0 Å². The van der Waals surface area contributed by atoms with Crippen LogP contribution in [0.15, 0.2) is 11.4 Å². The third-order valence-corrected chi connectivity index (χ3v) is 3.33. The second kappa shape index (κ2) is 6.47. The standard InChI is InChI=1S/C13H17NO4S/c1-8(2)5-14(6-12(16)17)13(18)11-4-10(7-19-11)9(3)15/h4,7-8H,5-6H2,1-3H3,(H,16,17). The van der Waals surface area contributed by atoms with E-state index in [9.17, 15) is 14.4 Å². The summed E-state index contributed by atoms with van der Waals surface area (Å²) in [5.74, 6) is -1.31. The van der Waals surface area contributed by atoms with Gasteiger partial charge in [0.1, 0.15) is 6.54 Å². The normalized spacial score (nSPS) is 10.5. The number of Topliss-reactive ketones (excluding diaryl/α,β-unsaturated/α-hetero) is 1. The molecule has 0 atom stereocenters. The number of hydrogen-bond donors (Lipinski definition) is 1. The molecule has 0 aliphatic heterocycles. The van der Waals surface area contributed by atoms with Gasteiger partial charge in [-0.2, -0.15) is 0 Å². The number of thiophene rings is 1. The molecule has 0 saturated carbocycles. The van der Waals surface area contributed by atoms with Crippen LogP contribution in [0.3, 0.4) is 0 Å². The van der Waals surface area contributed by atoms with Crippen molar-refractivity contribution in [3.8, 4) is 0 Å². The van der Waals surface area contributed by atoms with Crippen molar-refractivity contribution in [3.05, 3.63) is 21.9 Å². The van der Waals surface area contributed by atoms with Crippen molar-refractivity contribution in [1.82, 2.24) is 4.90 Å². The number of nitrogens with zero attached hydrogens (tertiary/aromatic N) is 1. The Hall–Kier alpha value is -1.69. The molecule has 104 valence electrons. The lowest BCUT2D eigenvalue weighted by molar-refractivity contribution is -0.137. The zero-order valence-electron chi connectivity index (χ0n) is 11.2. The maximum atomic E-state index is 12.2. The summed E-state index contributed by atoms with van der Waals surface area (Å²) in [6.07, 6.45) is 0. The highest BCUT2D eigenvalue weighted by Gasteiger charge is 2.21. The number of amides is 1. The Balaban J connectivity index is 2.90. The number of carboxylic acids is 1. The summed E-state index contributed by atoms with van der Waals surface area (Å²) in [6, 6.07) is 1.52. The largest absolute Gasteiger partial charge is 0.480 e. The van der Waals surface area contributed by atoms with Crippen LogP contribution in [0.4, 0.5) is 0 Å². The van der Waals surface area contributed by atoms with Gasteiger partial charge in [0.25, 0.3) is 5.91 Å². The topological polar surface area (TPSA) is 74.7 Å². The summed E-state index contributed by atoms with van der Waals surface area (Å²) >= 11 is 1.16. The van der Waals surface area contributed by atoms with E-state index in [-0.39, 0.29) is 24.2 Å². The Labute approximate surface area is 115 Å². The summed E-state index contributed by atoms with van der Waals surface area (Å²) < 4.78 is 0. The second-order valence-corrected chi connectivity index (χ2v) is 5.64. The second-order valence-electron chi connectivity index (χ2n) is 4.73. The molecular formula is C13H17NO4S. The van der Waals surface area contributed by atoms with Crippen molar-refractivity contribution in [2.75, 3.05) is 13.1 Å². The number of carbonyl (C=O) groups excluding carboxylic acids is 2. The number of aliphatic carboxylic acids is 1. The molecule has 0 bridgehead atoms. The molecule has 0 radical (unpaired) electrons. The third-order valence-electron chi connectivity index (χ3n) is 2.42. The minimum absolute atomic E-state index is 0.107. The van der Waals surface area contributed by atoms with E-state index in [0.717, 1.165) is 11.3 Å². The summed E-state index contributed by atoms with van der Waals surface area (Å²) in [5.41, 5.74) is 0.480. The van der Waals surface area contributed by atoms with E-state index in [1.54, 1.807) is 5.38 Å².